The fraction of sp³-hybridized carbons (Fsp3) is 0.500. The Balaban J connectivity index is 1.96. The molecule has 2 aliphatic heterocycles. The van der Waals surface area contributed by atoms with Crippen LogP contribution in [0.4, 0.5) is 5.69 Å². The molecule has 0 unspecified atom stereocenters. The maximum absolute atomic E-state index is 12.3. The topological polar surface area (TPSA) is 123 Å². The first-order valence-electron chi connectivity index (χ1n) is 8.95. The number of carbonyl (C=O) groups is 2. The van der Waals surface area contributed by atoms with Crippen LogP contribution in [0.15, 0.2) is 23.2 Å². The van der Waals surface area contributed by atoms with Crippen molar-refractivity contribution in [3.63, 3.8) is 0 Å². The largest absolute Gasteiger partial charge is 0.497 e. The summed E-state index contributed by atoms with van der Waals surface area (Å²) >= 11 is 1.25. The first-order valence-corrected chi connectivity index (χ1v) is 11.7. The number of anilines is 1. The van der Waals surface area contributed by atoms with Crippen molar-refractivity contribution in [2.45, 2.75) is 30.6 Å². The SMILES string of the molecule is COc1ccc(OC)c(N2C(=NC(=O)CCCC(=O)O)S[C@H]3CS(=O)(=O)C[C@@H]32)c1. The van der Waals surface area contributed by atoms with Gasteiger partial charge < -0.3 is 19.5 Å². The Kier molecular flexibility index (Phi) is 6.37. The third-order valence-corrected chi connectivity index (χ3v) is 7.92. The number of ether oxygens (including phenoxy) is 2. The van der Waals surface area contributed by atoms with E-state index < -0.39 is 21.7 Å². The number of carboxylic acid groups (broad SMARTS) is 1. The second-order valence-electron chi connectivity index (χ2n) is 6.74. The number of hydrogen-bond donors (Lipinski definition) is 1. The summed E-state index contributed by atoms with van der Waals surface area (Å²) in [5.74, 6) is -0.384. The number of carboxylic acids is 1. The summed E-state index contributed by atoms with van der Waals surface area (Å²) in [5, 5.41) is 8.87. The van der Waals surface area contributed by atoms with Gasteiger partial charge >= 0.3 is 5.97 Å². The number of benzene rings is 1. The van der Waals surface area contributed by atoms with E-state index in [-0.39, 0.29) is 42.1 Å². The van der Waals surface area contributed by atoms with Crippen LogP contribution in [0.5, 0.6) is 11.5 Å². The molecule has 2 aliphatic rings. The minimum Gasteiger partial charge on any atom is -0.497 e. The maximum Gasteiger partial charge on any atom is 0.303 e. The first kappa shape index (κ1) is 21.4. The Morgan fingerprint density at radius 1 is 1.24 bits per heavy atom. The Bertz CT molecular complexity index is 946. The minimum atomic E-state index is -3.20. The number of rotatable bonds is 7. The summed E-state index contributed by atoms with van der Waals surface area (Å²) in [5.41, 5.74) is 0.570. The molecule has 0 aromatic heterocycles. The molecule has 1 aromatic carbocycles. The highest BCUT2D eigenvalue weighted by atomic mass is 32.2. The van der Waals surface area contributed by atoms with E-state index in [4.69, 9.17) is 14.6 Å². The molecule has 158 valence electrons. The van der Waals surface area contributed by atoms with E-state index in [0.717, 1.165) is 0 Å². The van der Waals surface area contributed by atoms with Gasteiger partial charge in [0.2, 0.25) is 5.91 Å². The number of methoxy groups -OCH3 is 2. The van der Waals surface area contributed by atoms with Gasteiger partial charge in [0.15, 0.2) is 15.0 Å². The van der Waals surface area contributed by atoms with E-state index in [1.807, 2.05) is 0 Å². The minimum absolute atomic E-state index is 0.00702. The van der Waals surface area contributed by atoms with Gasteiger partial charge in [-0.1, -0.05) is 11.8 Å². The van der Waals surface area contributed by atoms with Gasteiger partial charge in [0.1, 0.15) is 11.5 Å². The zero-order chi connectivity index (χ0) is 21.2. The van der Waals surface area contributed by atoms with Crippen molar-refractivity contribution < 1.29 is 32.6 Å². The summed E-state index contributed by atoms with van der Waals surface area (Å²) in [6.45, 7) is 0. The molecule has 9 nitrogen and oxygen atoms in total. The lowest BCUT2D eigenvalue weighted by molar-refractivity contribution is -0.137. The number of aliphatic imine (C=N–C) groups is 1. The highest BCUT2D eigenvalue weighted by Gasteiger charge is 2.50. The van der Waals surface area contributed by atoms with Crippen molar-refractivity contribution in [2.24, 2.45) is 4.99 Å². The summed E-state index contributed by atoms with van der Waals surface area (Å²) in [6, 6.07) is 4.78. The van der Waals surface area contributed by atoms with Gasteiger partial charge in [-0.25, -0.2) is 8.42 Å². The molecule has 1 amide bonds. The van der Waals surface area contributed by atoms with Gasteiger partial charge in [-0.2, -0.15) is 4.99 Å². The van der Waals surface area contributed by atoms with E-state index in [0.29, 0.717) is 22.4 Å². The summed E-state index contributed by atoms with van der Waals surface area (Å²) in [4.78, 5) is 28.8. The average Bonchev–Trinajstić information content (AvgIpc) is 3.11. The predicted octanol–water partition coefficient (Wildman–Crippen LogP) is 1.56. The number of sulfone groups is 1. The molecular weight excluding hydrogens is 420 g/mol. The van der Waals surface area contributed by atoms with Crippen LogP contribution < -0.4 is 14.4 Å². The normalized spacial score (nSPS) is 23.8. The Morgan fingerprint density at radius 3 is 2.66 bits per heavy atom. The predicted molar refractivity (Wildman–Crippen MR) is 110 cm³/mol. The van der Waals surface area contributed by atoms with E-state index in [1.54, 1.807) is 23.1 Å². The van der Waals surface area contributed by atoms with Gasteiger partial charge in [-0.3, -0.25) is 9.59 Å². The van der Waals surface area contributed by atoms with E-state index in [9.17, 15) is 18.0 Å². The lowest BCUT2D eigenvalue weighted by atomic mass is 10.2. The lowest BCUT2D eigenvalue weighted by Gasteiger charge is -2.26. The van der Waals surface area contributed by atoms with Crippen LogP contribution in [0.3, 0.4) is 0 Å². The van der Waals surface area contributed by atoms with Crippen LogP contribution >= 0.6 is 11.8 Å². The third-order valence-electron chi connectivity index (χ3n) is 4.71. The Labute approximate surface area is 173 Å². The van der Waals surface area contributed by atoms with Crippen molar-refractivity contribution in [3.8, 4) is 11.5 Å². The van der Waals surface area contributed by atoms with Crippen LogP contribution in [-0.2, 0) is 19.4 Å². The zero-order valence-electron chi connectivity index (χ0n) is 16.0. The van der Waals surface area contributed by atoms with Crippen molar-refractivity contribution in [1.82, 2.24) is 0 Å². The van der Waals surface area contributed by atoms with Gasteiger partial charge in [-0.05, 0) is 18.6 Å². The number of aliphatic carboxylic acids is 1. The highest BCUT2D eigenvalue weighted by molar-refractivity contribution is 8.16. The molecule has 2 heterocycles. The molecule has 1 aromatic rings. The average molecular weight is 443 g/mol. The highest BCUT2D eigenvalue weighted by Crippen LogP contribution is 2.45. The van der Waals surface area contributed by atoms with Crippen molar-refractivity contribution in [1.29, 1.82) is 0 Å². The maximum atomic E-state index is 12.3. The number of nitrogens with zero attached hydrogens (tertiary/aromatic N) is 2. The van der Waals surface area contributed by atoms with Crippen LogP contribution in [0.2, 0.25) is 0 Å². The Hall–Kier alpha value is -2.27. The second kappa shape index (κ2) is 8.62. The van der Waals surface area contributed by atoms with Gasteiger partial charge in [-0.15, -0.1) is 0 Å². The summed E-state index contributed by atoms with van der Waals surface area (Å²) in [6.07, 6.45) is 0.0903. The number of thioether (sulfide) groups is 1. The smallest absolute Gasteiger partial charge is 0.303 e. The number of amidine groups is 1. The van der Waals surface area contributed by atoms with Gasteiger partial charge in [0.05, 0.1) is 37.5 Å². The van der Waals surface area contributed by atoms with Gasteiger partial charge in [0, 0.05) is 24.2 Å². The summed E-state index contributed by atoms with van der Waals surface area (Å²) in [7, 11) is -0.170. The Morgan fingerprint density at radius 2 is 2.00 bits per heavy atom. The van der Waals surface area contributed by atoms with Crippen molar-refractivity contribution >= 4 is 44.3 Å². The first-order chi connectivity index (χ1) is 13.7. The fourth-order valence-corrected chi connectivity index (χ4v) is 7.31. The molecule has 2 saturated heterocycles. The lowest BCUT2D eigenvalue weighted by Crippen LogP contribution is -2.38. The standard InChI is InChI=1S/C18H22N2O7S2/c1-26-11-6-7-14(27-2)12(8-11)20-13-9-29(24,25)10-15(13)28-18(20)19-16(21)4-3-5-17(22)23/h6-8,13,15H,3-5,9-10H2,1-2H3,(H,22,23)/t13-,15-/m0/s1. The van der Waals surface area contributed by atoms with Crippen LogP contribution in [0.1, 0.15) is 19.3 Å². The molecule has 0 radical (unpaired) electrons. The number of carbonyl (C=O) groups excluding carboxylic acids is 1. The molecule has 0 saturated carbocycles. The van der Waals surface area contributed by atoms with Crippen LogP contribution in [0.25, 0.3) is 0 Å². The number of hydrogen-bond acceptors (Lipinski definition) is 7. The second-order valence-corrected chi connectivity index (χ2v) is 10.1. The van der Waals surface area contributed by atoms with Gasteiger partial charge in [0.25, 0.3) is 0 Å². The van der Waals surface area contributed by atoms with Crippen LogP contribution in [-0.4, -0.2) is 67.6 Å². The molecule has 11 heteroatoms. The molecule has 29 heavy (non-hydrogen) atoms. The number of amides is 1. The molecule has 2 atom stereocenters. The summed E-state index contributed by atoms with van der Waals surface area (Å²) < 4.78 is 35.1. The van der Waals surface area contributed by atoms with E-state index in [1.165, 1.54) is 26.0 Å². The molecule has 2 fully saturated rings. The molecule has 1 N–H and O–H groups in total. The fourth-order valence-electron chi connectivity index (χ4n) is 3.38. The van der Waals surface area contributed by atoms with E-state index >= 15 is 0 Å². The number of fused-ring (bicyclic) bond motifs is 1. The quantitative estimate of drug-likeness (QED) is 0.670. The molecule has 0 spiro atoms. The van der Waals surface area contributed by atoms with Crippen LogP contribution in [0, 0.1) is 0 Å². The third kappa shape index (κ3) is 4.84. The molecular formula is C18H22N2O7S2. The van der Waals surface area contributed by atoms with Crippen molar-refractivity contribution in [3.05, 3.63) is 18.2 Å². The molecule has 0 bridgehead atoms. The molecule has 3 rings (SSSR count). The monoisotopic (exact) mass is 442 g/mol. The van der Waals surface area contributed by atoms with Crippen molar-refractivity contribution in [2.75, 3.05) is 30.6 Å². The zero-order valence-corrected chi connectivity index (χ0v) is 17.7. The molecule has 0 aliphatic carbocycles. The van der Waals surface area contributed by atoms with E-state index in [2.05, 4.69) is 4.99 Å².